The molecule has 2 amide bonds. The normalized spacial score (nSPS) is 13.8. The second kappa shape index (κ2) is 7.85. The summed E-state index contributed by atoms with van der Waals surface area (Å²) in [6.07, 6.45) is -0.868. The summed E-state index contributed by atoms with van der Waals surface area (Å²) in [6, 6.07) is 10.6. The average molecular weight is 346 g/mol. The number of ether oxygens (including phenoxy) is 2. The molecule has 0 unspecified atom stereocenters. The van der Waals surface area contributed by atoms with Crippen molar-refractivity contribution < 1.29 is 23.8 Å². The fourth-order valence-electron chi connectivity index (χ4n) is 2.42. The molecule has 25 heavy (non-hydrogen) atoms. The van der Waals surface area contributed by atoms with Crippen LogP contribution in [0.1, 0.15) is 17.2 Å². The third-order valence-electron chi connectivity index (χ3n) is 3.77. The van der Waals surface area contributed by atoms with Crippen LogP contribution in [0.25, 0.3) is 0 Å². The van der Waals surface area contributed by atoms with E-state index in [2.05, 4.69) is 10.6 Å². The lowest BCUT2D eigenvalue weighted by Crippen LogP contribution is -2.37. The molecule has 1 aliphatic rings. The van der Waals surface area contributed by atoms with Crippen molar-refractivity contribution >= 4 is 6.03 Å². The Morgan fingerprint density at radius 1 is 1.08 bits per heavy atom. The van der Waals surface area contributed by atoms with E-state index in [1.165, 1.54) is 12.1 Å². The van der Waals surface area contributed by atoms with Crippen LogP contribution in [-0.2, 0) is 6.54 Å². The van der Waals surface area contributed by atoms with Crippen LogP contribution < -0.4 is 20.1 Å². The summed E-state index contributed by atoms with van der Waals surface area (Å²) < 4.78 is 23.7. The molecule has 7 heteroatoms. The molecule has 3 rings (SSSR count). The quantitative estimate of drug-likeness (QED) is 0.775. The molecule has 2 aromatic carbocycles. The molecule has 2 aromatic rings. The van der Waals surface area contributed by atoms with Crippen molar-refractivity contribution in [1.29, 1.82) is 0 Å². The van der Waals surface area contributed by atoms with E-state index in [9.17, 15) is 14.3 Å². The van der Waals surface area contributed by atoms with E-state index in [0.717, 1.165) is 5.56 Å². The summed E-state index contributed by atoms with van der Waals surface area (Å²) >= 11 is 0. The Balaban J connectivity index is 1.47. The molecular weight excluding hydrogens is 327 g/mol. The van der Waals surface area contributed by atoms with Crippen molar-refractivity contribution in [2.45, 2.75) is 12.6 Å². The van der Waals surface area contributed by atoms with Gasteiger partial charge >= 0.3 is 6.03 Å². The third kappa shape index (κ3) is 4.60. The number of aliphatic hydroxyl groups excluding tert-OH is 1. The lowest BCUT2D eigenvalue weighted by Gasteiger charge is -2.20. The predicted molar refractivity (Wildman–Crippen MR) is 89.0 cm³/mol. The van der Waals surface area contributed by atoms with Crippen molar-refractivity contribution in [2.75, 3.05) is 19.8 Å². The first kappa shape index (κ1) is 17.0. The van der Waals surface area contributed by atoms with Crippen LogP contribution in [0.5, 0.6) is 11.5 Å². The molecule has 0 fully saturated rings. The molecule has 0 aromatic heterocycles. The predicted octanol–water partition coefficient (Wildman–Crippen LogP) is 2.13. The molecular formula is C18H19FN2O4. The van der Waals surface area contributed by atoms with Gasteiger partial charge in [-0.25, -0.2) is 9.18 Å². The zero-order valence-corrected chi connectivity index (χ0v) is 13.5. The van der Waals surface area contributed by atoms with Crippen LogP contribution in [0.4, 0.5) is 9.18 Å². The Morgan fingerprint density at radius 2 is 1.80 bits per heavy atom. The van der Waals surface area contributed by atoms with Crippen LogP contribution in [0.3, 0.4) is 0 Å². The second-order valence-corrected chi connectivity index (χ2v) is 5.61. The Kier molecular flexibility index (Phi) is 5.35. The molecule has 3 N–H and O–H groups in total. The van der Waals surface area contributed by atoms with Crippen molar-refractivity contribution in [3.8, 4) is 11.5 Å². The number of nitrogens with one attached hydrogen (secondary N) is 2. The number of aliphatic hydroxyl groups is 1. The van der Waals surface area contributed by atoms with Gasteiger partial charge in [0, 0.05) is 13.1 Å². The monoisotopic (exact) mass is 346 g/mol. The van der Waals surface area contributed by atoms with Crippen molar-refractivity contribution in [3.05, 3.63) is 59.4 Å². The van der Waals surface area contributed by atoms with Crippen LogP contribution >= 0.6 is 0 Å². The first-order valence-corrected chi connectivity index (χ1v) is 7.95. The minimum absolute atomic E-state index is 0.0505. The van der Waals surface area contributed by atoms with Gasteiger partial charge in [0.2, 0.25) is 0 Å². The number of halogens is 1. The van der Waals surface area contributed by atoms with Gasteiger partial charge in [-0.1, -0.05) is 18.2 Å². The van der Waals surface area contributed by atoms with Gasteiger partial charge in [-0.15, -0.1) is 0 Å². The highest BCUT2D eigenvalue weighted by Gasteiger charge is 2.16. The maximum Gasteiger partial charge on any atom is 0.315 e. The summed E-state index contributed by atoms with van der Waals surface area (Å²) in [5, 5.41) is 15.4. The molecule has 0 saturated heterocycles. The van der Waals surface area contributed by atoms with E-state index in [1.54, 1.807) is 30.3 Å². The second-order valence-electron chi connectivity index (χ2n) is 5.61. The van der Waals surface area contributed by atoms with Crippen LogP contribution in [0.15, 0.2) is 42.5 Å². The SMILES string of the molecule is O=C(NCc1ccc(F)cc1)NC[C@@H](O)c1ccc2c(c1)OCCO2. The molecule has 1 heterocycles. The van der Waals surface area contributed by atoms with Gasteiger partial charge in [0.25, 0.3) is 0 Å². The summed E-state index contributed by atoms with van der Waals surface area (Å²) in [6.45, 7) is 1.29. The van der Waals surface area contributed by atoms with Gasteiger partial charge in [-0.3, -0.25) is 0 Å². The molecule has 0 bridgehead atoms. The number of hydrogen-bond acceptors (Lipinski definition) is 4. The zero-order valence-electron chi connectivity index (χ0n) is 13.5. The number of hydrogen-bond donors (Lipinski definition) is 3. The van der Waals surface area contributed by atoms with E-state index in [-0.39, 0.29) is 18.9 Å². The maximum absolute atomic E-state index is 12.8. The number of carbonyl (C=O) groups is 1. The van der Waals surface area contributed by atoms with Gasteiger partial charge in [-0.2, -0.15) is 0 Å². The molecule has 0 radical (unpaired) electrons. The molecule has 0 saturated carbocycles. The number of carbonyl (C=O) groups excluding carboxylic acids is 1. The summed E-state index contributed by atoms with van der Waals surface area (Å²) in [5.74, 6) is 0.909. The topological polar surface area (TPSA) is 79.8 Å². The Morgan fingerprint density at radius 3 is 2.56 bits per heavy atom. The van der Waals surface area contributed by atoms with Crippen LogP contribution in [0, 0.1) is 5.82 Å². The van der Waals surface area contributed by atoms with Gasteiger partial charge < -0.3 is 25.2 Å². The zero-order chi connectivity index (χ0) is 17.6. The van der Waals surface area contributed by atoms with Crippen LogP contribution in [-0.4, -0.2) is 30.9 Å². The smallest absolute Gasteiger partial charge is 0.315 e. The number of rotatable bonds is 5. The van der Waals surface area contributed by atoms with E-state index >= 15 is 0 Å². The molecule has 1 aliphatic heterocycles. The number of urea groups is 1. The van der Waals surface area contributed by atoms with E-state index in [1.807, 2.05) is 0 Å². The molecule has 6 nitrogen and oxygen atoms in total. The first-order valence-electron chi connectivity index (χ1n) is 7.95. The largest absolute Gasteiger partial charge is 0.486 e. The molecule has 0 spiro atoms. The summed E-state index contributed by atoms with van der Waals surface area (Å²) in [5.41, 5.74) is 1.41. The van der Waals surface area contributed by atoms with Crippen molar-refractivity contribution in [1.82, 2.24) is 10.6 Å². The molecule has 1 atom stereocenters. The number of amides is 2. The van der Waals surface area contributed by atoms with Crippen molar-refractivity contribution in [3.63, 3.8) is 0 Å². The maximum atomic E-state index is 12.8. The summed E-state index contributed by atoms with van der Waals surface area (Å²) in [4.78, 5) is 11.8. The van der Waals surface area contributed by atoms with Gasteiger partial charge in [0.1, 0.15) is 19.0 Å². The first-order chi connectivity index (χ1) is 12.1. The van der Waals surface area contributed by atoms with E-state index < -0.39 is 12.1 Å². The Hall–Kier alpha value is -2.80. The van der Waals surface area contributed by atoms with Crippen molar-refractivity contribution in [2.24, 2.45) is 0 Å². The minimum atomic E-state index is -0.868. The van der Waals surface area contributed by atoms with E-state index in [4.69, 9.17) is 9.47 Å². The minimum Gasteiger partial charge on any atom is -0.486 e. The number of fused-ring (bicyclic) bond motifs is 1. The highest BCUT2D eigenvalue weighted by atomic mass is 19.1. The summed E-state index contributed by atoms with van der Waals surface area (Å²) in [7, 11) is 0. The number of benzene rings is 2. The molecule has 132 valence electrons. The molecule has 0 aliphatic carbocycles. The van der Waals surface area contributed by atoms with Crippen LogP contribution in [0.2, 0.25) is 0 Å². The van der Waals surface area contributed by atoms with E-state index in [0.29, 0.717) is 30.3 Å². The fourth-order valence-corrected chi connectivity index (χ4v) is 2.42. The Labute approximate surface area is 144 Å². The highest BCUT2D eigenvalue weighted by molar-refractivity contribution is 5.73. The van der Waals surface area contributed by atoms with Gasteiger partial charge in [0.05, 0.1) is 6.10 Å². The van der Waals surface area contributed by atoms with Gasteiger partial charge in [-0.05, 0) is 35.4 Å². The highest BCUT2D eigenvalue weighted by Crippen LogP contribution is 2.32. The Bertz CT molecular complexity index is 736. The lowest BCUT2D eigenvalue weighted by atomic mass is 10.1. The average Bonchev–Trinajstić information content (AvgIpc) is 2.65. The standard InChI is InChI=1S/C18H19FN2O4/c19-14-4-1-12(2-5-14)10-20-18(23)21-11-15(22)13-3-6-16-17(9-13)25-8-7-24-16/h1-6,9,15,22H,7-8,10-11H2,(H2,20,21,23)/t15-/m1/s1. The third-order valence-corrected chi connectivity index (χ3v) is 3.77. The fraction of sp³-hybridized carbons (Fsp3) is 0.278. The lowest BCUT2D eigenvalue weighted by molar-refractivity contribution is 0.163. The van der Waals surface area contributed by atoms with Gasteiger partial charge in [0.15, 0.2) is 11.5 Å².